The van der Waals surface area contributed by atoms with Gasteiger partial charge < -0.3 is 15.5 Å². The number of rotatable bonds is 5. The topological polar surface area (TPSA) is 69.6 Å². The molecule has 0 radical (unpaired) electrons. The van der Waals surface area contributed by atoms with E-state index in [1.165, 1.54) is 6.92 Å². The molecule has 76 valence electrons. The van der Waals surface area contributed by atoms with Crippen LogP contribution in [0.2, 0.25) is 0 Å². The summed E-state index contributed by atoms with van der Waals surface area (Å²) in [4.78, 5) is 11.1. The summed E-state index contributed by atoms with van der Waals surface area (Å²) in [6, 6.07) is -0.0203. The molecule has 4 nitrogen and oxygen atoms in total. The SMILES string of the molecule is CCC(CCO)NC(=O)C=C(C)O. The molecule has 0 saturated heterocycles. The van der Waals surface area contributed by atoms with Gasteiger partial charge in [-0.2, -0.15) is 0 Å². The Morgan fingerprint density at radius 2 is 2.23 bits per heavy atom. The number of aliphatic hydroxyl groups excluding tert-OH is 2. The van der Waals surface area contributed by atoms with Gasteiger partial charge in [-0.25, -0.2) is 0 Å². The van der Waals surface area contributed by atoms with Gasteiger partial charge in [0.05, 0.1) is 5.76 Å². The summed E-state index contributed by atoms with van der Waals surface area (Å²) in [5.74, 6) is -0.336. The third-order valence-electron chi connectivity index (χ3n) is 1.66. The Morgan fingerprint density at radius 3 is 2.62 bits per heavy atom. The third kappa shape index (κ3) is 6.16. The number of allylic oxidation sites excluding steroid dienone is 1. The molecule has 1 atom stereocenters. The van der Waals surface area contributed by atoms with Gasteiger partial charge in [0.1, 0.15) is 0 Å². The first-order valence-electron chi connectivity index (χ1n) is 4.38. The highest BCUT2D eigenvalue weighted by molar-refractivity contribution is 5.87. The summed E-state index contributed by atoms with van der Waals surface area (Å²) < 4.78 is 0. The highest BCUT2D eigenvalue weighted by atomic mass is 16.3. The molecule has 1 unspecified atom stereocenters. The Hall–Kier alpha value is -1.03. The number of hydrogen-bond acceptors (Lipinski definition) is 3. The minimum absolute atomic E-state index is 0.0173. The van der Waals surface area contributed by atoms with Crippen LogP contribution in [0, 0.1) is 0 Å². The number of carbonyl (C=O) groups is 1. The van der Waals surface area contributed by atoms with E-state index in [9.17, 15) is 4.79 Å². The lowest BCUT2D eigenvalue weighted by Crippen LogP contribution is -2.33. The van der Waals surface area contributed by atoms with E-state index in [-0.39, 0.29) is 24.3 Å². The molecule has 0 aromatic heterocycles. The van der Waals surface area contributed by atoms with Crippen LogP contribution in [0.25, 0.3) is 0 Å². The van der Waals surface area contributed by atoms with Gasteiger partial charge in [-0.1, -0.05) is 6.92 Å². The molecule has 0 aliphatic rings. The molecule has 0 bridgehead atoms. The number of amides is 1. The second-order valence-corrected chi connectivity index (χ2v) is 2.91. The molecule has 0 heterocycles. The van der Waals surface area contributed by atoms with Crippen LogP contribution in [0.1, 0.15) is 26.7 Å². The lowest BCUT2D eigenvalue weighted by atomic mass is 10.1. The maximum Gasteiger partial charge on any atom is 0.247 e. The molecule has 0 saturated carbocycles. The second-order valence-electron chi connectivity index (χ2n) is 2.91. The molecule has 0 aliphatic carbocycles. The van der Waals surface area contributed by atoms with Crippen LogP contribution in [0.3, 0.4) is 0 Å². The molecule has 1 amide bonds. The molecule has 4 heteroatoms. The molecular weight excluding hydrogens is 170 g/mol. The largest absolute Gasteiger partial charge is 0.512 e. The Labute approximate surface area is 78.3 Å². The van der Waals surface area contributed by atoms with Crippen LogP contribution in [-0.2, 0) is 4.79 Å². The van der Waals surface area contributed by atoms with Crippen LogP contribution < -0.4 is 5.32 Å². The molecule has 0 fully saturated rings. The van der Waals surface area contributed by atoms with Gasteiger partial charge in [-0.15, -0.1) is 0 Å². The standard InChI is InChI=1S/C9H17NO3/c1-3-8(4-5-11)10-9(13)6-7(2)12/h6,8,11-12H,3-5H2,1-2H3,(H,10,13). The summed E-state index contributed by atoms with van der Waals surface area (Å²) in [6.45, 7) is 3.42. The van der Waals surface area contributed by atoms with Crippen molar-refractivity contribution < 1.29 is 15.0 Å². The van der Waals surface area contributed by atoms with Crippen LogP contribution in [0.4, 0.5) is 0 Å². The van der Waals surface area contributed by atoms with E-state index in [2.05, 4.69) is 5.32 Å². The average molecular weight is 187 g/mol. The number of hydrogen-bond donors (Lipinski definition) is 3. The summed E-state index contributed by atoms with van der Waals surface area (Å²) >= 11 is 0. The minimum atomic E-state index is -0.319. The zero-order chi connectivity index (χ0) is 10.3. The van der Waals surface area contributed by atoms with Gasteiger partial charge in [-0.05, 0) is 19.8 Å². The first kappa shape index (κ1) is 12.0. The van der Waals surface area contributed by atoms with E-state index >= 15 is 0 Å². The van der Waals surface area contributed by atoms with Gasteiger partial charge in [0.25, 0.3) is 0 Å². The van der Waals surface area contributed by atoms with Crippen molar-refractivity contribution in [3.8, 4) is 0 Å². The fourth-order valence-electron chi connectivity index (χ4n) is 0.967. The predicted molar refractivity (Wildman–Crippen MR) is 50.3 cm³/mol. The van der Waals surface area contributed by atoms with Crippen molar-refractivity contribution in [1.29, 1.82) is 0 Å². The van der Waals surface area contributed by atoms with Crippen molar-refractivity contribution in [2.75, 3.05) is 6.61 Å². The minimum Gasteiger partial charge on any atom is -0.512 e. The first-order valence-corrected chi connectivity index (χ1v) is 4.38. The lowest BCUT2D eigenvalue weighted by Gasteiger charge is -2.13. The summed E-state index contributed by atoms with van der Waals surface area (Å²) in [6.07, 6.45) is 2.44. The van der Waals surface area contributed by atoms with Crippen LogP contribution in [0.5, 0.6) is 0 Å². The predicted octanol–water partition coefficient (Wildman–Crippen LogP) is 0.725. The van der Waals surface area contributed by atoms with E-state index in [0.717, 1.165) is 12.5 Å². The number of aliphatic hydroxyl groups is 2. The van der Waals surface area contributed by atoms with Gasteiger partial charge in [0.2, 0.25) is 5.91 Å². The van der Waals surface area contributed by atoms with Crippen molar-refractivity contribution >= 4 is 5.91 Å². The Bertz CT molecular complexity index is 185. The molecule has 13 heavy (non-hydrogen) atoms. The summed E-state index contributed by atoms with van der Waals surface area (Å²) in [5.41, 5.74) is 0. The zero-order valence-corrected chi connectivity index (χ0v) is 8.08. The maximum atomic E-state index is 11.1. The lowest BCUT2D eigenvalue weighted by molar-refractivity contribution is -0.117. The molecular formula is C9H17NO3. The van der Waals surface area contributed by atoms with E-state index in [0.29, 0.717) is 6.42 Å². The van der Waals surface area contributed by atoms with Gasteiger partial charge in [0, 0.05) is 18.7 Å². The molecule has 0 aromatic rings. The monoisotopic (exact) mass is 187 g/mol. The number of carbonyl (C=O) groups excluding carboxylic acids is 1. The highest BCUT2D eigenvalue weighted by Gasteiger charge is 2.07. The van der Waals surface area contributed by atoms with E-state index in [1.807, 2.05) is 6.92 Å². The quantitative estimate of drug-likeness (QED) is 0.439. The van der Waals surface area contributed by atoms with E-state index in [1.54, 1.807) is 0 Å². The Morgan fingerprint density at radius 1 is 1.62 bits per heavy atom. The fourth-order valence-corrected chi connectivity index (χ4v) is 0.967. The molecule has 0 aromatic carbocycles. The van der Waals surface area contributed by atoms with Crippen molar-refractivity contribution in [1.82, 2.24) is 5.32 Å². The normalized spacial score (nSPS) is 13.9. The van der Waals surface area contributed by atoms with Gasteiger partial charge >= 0.3 is 0 Å². The smallest absolute Gasteiger partial charge is 0.247 e. The molecule has 0 aliphatic heterocycles. The molecule has 0 spiro atoms. The highest BCUT2D eigenvalue weighted by Crippen LogP contribution is 1.96. The van der Waals surface area contributed by atoms with Crippen molar-refractivity contribution in [3.63, 3.8) is 0 Å². The van der Waals surface area contributed by atoms with Crippen LogP contribution in [0.15, 0.2) is 11.8 Å². The van der Waals surface area contributed by atoms with Crippen molar-refractivity contribution in [2.45, 2.75) is 32.7 Å². The van der Waals surface area contributed by atoms with E-state index in [4.69, 9.17) is 10.2 Å². The van der Waals surface area contributed by atoms with Crippen LogP contribution >= 0.6 is 0 Å². The maximum absolute atomic E-state index is 11.1. The van der Waals surface area contributed by atoms with Crippen LogP contribution in [-0.4, -0.2) is 28.8 Å². The third-order valence-corrected chi connectivity index (χ3v) is 1.66. The van der Waals surface area contributed by atoms with Gasteiger partial charge in [0.15, 0.2) is 0 Å². The number of nitrogens with one attached hydrogen (secondary N) is 1. The molecule has 3 N–H and O–H groups in total. The van der Waals surface area contributed by atoms with Crippen molar-refractivity contribution in [2.24, 2.45) is 0 Å². The van der Waals surface area contributed by atoms with Gasteiger partial charge in [-0.3, -0.25) is 4.79 Å². The fraction of sp³-hybridized carbons (Fsp3) is 0.667. The molecule has 0 rings (SSSR count). The summed E-state index contributed by atoms with van der Waals surface area (Å²) in [5, 5.41) is 20.1. The van der Waals surface area contributed by atoms with Crippen molar-refractivity contribution in [3.05, 3.63) is 11.8 Å². The average Bonchev–Trinajstić information content (AvgIpc) is 2.02. The Balaban J connectivity index is 3.94. The first-order chi connectivity index (χ1) is 6.10. The Kier molecular flexibility index (Phi) is 5.97. The second kappa shape index (κ2) is 6.48. The summed E-state index contributed by atoms with van der Waals surface area (Å²) in [7, 11) is 0. The zero-order valence-electron chi connectivity index (χ0n) is 8.08. The van der Waals surface area contributed by atoms with E-state index < -0.39 is 0 Å².